The van der Waals surface area contributed by atoms with Gasteiger partial charge in [-0.25, -0.2) is 8.42 Å². The number of rotatable bonds is 3. The zero-order valence-electron chi connectivity index (χ0n) is 17.7. The standard InChI is InChI=1S/C23H16ClF3N2O4S/c1-12-11-28-20-15(7-4-8-16(20)23(25,26)27)19(12)13-5-3-6-14(9-13)33-22-21(30)17(24)10-18(29-22)34(2,31)32/h3-11,17H,1-2H3. The molecule has 0 bridgehead atoms. The summed E-state index contributed by atoms with van der Waals surface area (Å²) in [5.74, 6) is -1.10. The minimum absolute atomic E-state index is 0.125. The Morgan fingerprint density at radius 1 is 1.12 bits per heavy atom. The van der Waals surface area contributed by atoms with Gasteiger partial charge in [-0.05, 0) is 47.9 Å². The number of carbonyl (C=O) groups excluding carboxylic acids is 1. The van der Waals surface area contributed by atoms with Crippen molar-refractivity contribution in [2.75, 3.05) is 6.26 Å². The number of hydrogen-bond donors (Lipinski definition) is 0. The fourth-order valence-electron chi connectivity index (χ4n) is 3.55. The largest absolute Gasteiger partial charge is 0.436 e. The van der Waals surface area contributed by atoms with Gasteiger partial charge in [0.05, 0.1) is 11.1 Å². The first kappa shape index (κ1) is 23.9. The fourth-order valence-corrected chi connectivity index (χ4v) is 4.47. The number of pyridine rings is 1. The maximum absolute atomic E-state index is 13.5. The van der Waals surface area contributed by atoms with Crippen molar-refractivity contribution in [2.24, 2.45) is 4.99 Å². The van der Waals surface area contributed by atoms with Crippen molar-refractivity contribution in [1.82, 2.24) is 4.98 Å². The van der Waals surface area contributed by atoms with E-state index in [0.717, 1.165) is 18.4 Å². The number of para-hydroxylation sites is 1. The van der Waals surface area contributed by atoms with E-state index in [4.69, 9.17) is 16.3 Å². The molecule has 3 aromatic rings. The van der Waals surface area contributed by atoms with Gasteiger partial charge in [-0.3, -0.25) is 9.78 Å². The molecule has 0 amide bonds. The van der Waals surface area contributed by atoms with Crippen molar-refractivity contribution < 1.29 is 31.1 Å². The highest BCUT2D eigenvalue weighted by molar-refractivity contribution is 7.94. The van der Waals surface area contributed by atoms with E-state index >= 15 is 0 Å². The van der Waals surface area contributed by atoms with Crippen LogP contribution in [0.3, 0.4) is 0 Å². The number of halogens is 4. The summed E-state index contributed by atoms with van der Waals surface area (Å²) in [5, 5.41) is -1.37. The summed E-state index contributed by atoms with van der Waals surface area (Å²) < 4.78 is 69.8. The van der Waals surface area contributed by atoms with Crippen molar-refractivity contribution in [2.45, 2.75) is 18.5 Å². The maximum Gasteiger partial charge on any atom is 0.418 e. The van der Waals surface area contributed by atoms with Gasteiger partial charge in [0.2, 0.25) is 5.78 Å². The minimum atomic E-state index is -4.58. The predicted octanol–water partition coefficient (Wildman–Crippen LogP) is 5.08. The molecule has 1 aliphatic rings. The SMILES string of the molecule is Cc1cnc2c(C(F)(F)F)cccc2c1-c1cccc(OC2=NC(S(C)(=O)=O)=CC(Cl)C2=O)c1. The second kappa shape index (κ2) is 8.52. The number of carbonyl (C=O) groups is 1. The quantitative estimate of drug-likeness (QED) is 0.460. The molecule has 0 saturated heterocycles. The van der Waals surface area contributed by atoms with Gasteiger partial charge in [-0.1, -0.05) is 24.3 Å². The number of alkyl halides is 4. The summed E-state index contributed by atoms with van der Waals surface area (Å²) >= 11 is 5.94. The van der Waals surface area contributed by atoms with Crippen LogP contribution in [0, 0.1) is 6.92 Å². The number of aromatic nitrogens is 1. The van der Waals surface area contributed by atoms with Crippen LogP contribution in [0.15, 0.2) is 64.8 Å². The lowest BCUT2D eigenvalue weighted by Crippen LogP contribution is -2.32. The topological polar surface area (TPSA) is 85.7 Å². The Hall–Kier alpha value is -3.24. The van der Waals surface area contributed by atoms with Gasteiger partial charge in [-0.2, -0.15) is 18.2 Å². The highest BCUT2D eigenvalue weighted by atomic mass is 35.5. The third kappa shape index (κ3) is 4.55. The molecule has 11 heteroatoms. The van der Waals surface area contributed by atoms with E-state index < -0.39 is 43.7 Å². The summed E-state index contributed by atoms with van der Waals surface area (Å²) in [7, 11) is -3.75. The monoisotopic (exact) mass is 508 g/mol. The van der Waals surface area contributed by atoms with Crippen LogP contribution >= 0.6 is 11.6 Å². The maximum atomic E-state index is 13.5. The summed E-state index contributed by atoms with van der Waals surface area (Å²) in [6, 6.07) is 10.1. The normalized spacial score (nSPS) is 16.9. The lowest BCUT2D eigenvalue weighted by Gasteiger charge is -2.17. The highest BCUT2D eigenvalue weighted by Gasteiger charge is 2.34. The number of fused-ring (bicyclic) bond motifs is 1. The van der Waals surface area contributed by atoms with Crippen LogP contribution in [0.25, 0.3) is 22.0 Å². The molecule has 176 valence electrons. The molecule has 2 aromatic carbocycles. The third-order valence-corrected chi connectivity index (χ3v) is 6.38. The molecule has 0 saturated carbocycles. The molecule has 0 N–H and O–H groups in total. The lowest BCUT2D eigenvalue weighted by molar-refractivity contribution is -0.136. The first-order chi connectivity index (χ1) is 15.9. The number of aliphatic imine (C=N–C) groups is 1. The van der Waals surface area contributed by atoms with Gasteiger partial charge in [0.25, 0.3) is 5.90 Å². The number of ketones is 1. The molecule has 1 aromatic heterocycles. The van der Waals surface area contributed by atoms with E-state index in [1.165, 1.54) is 24.4 Å². The number of benzene rings is 2. The van der Waals surface area contributed by atoms with Crippen LogP contribution in [0.1, 0.15) is 11.1 Å². The van der Waals surface area contributed by atoms with Crippen molar-refractivity contribution in [3.63, 3.8) is 0 Å². The van der Waals surface area contributed by atoms with E-state index in [9.17, 15) is 26.4 Å². The number of ether oxygens (including phenoxy) is 1. The molecular formula is C23H16ClF3N2O4S. The van der Waals surface area contributed by atoms with Crippen LogP contribution in [-0.4, -0.2) is 36.7 Å². The number of hydrogen-bond acceptors (Lipinski definition) is 6. The lowest BCUT2D eigenvalue weighted by atomic mass is 9.95. The van der Waals surface area contributed by atoms with Crippen molar-refractivity contribution in [3.05, 3.63) is 70.9 Å². The molecular weight excluding hydrogens is 493 g/mol. The van der Waals surface area contributed by atoms with Gasteiger partial charge in [0.15, 0.2) is 14.9 Å². The van der Waals surface area contributed by atoms with Crippen molar-refractivity contribution in [1.29, 1.82) is 0 Å². The molecule has 0 fully saturated rings. The molecule has 6 nitrogen and oxygen atoms in total. The molecule has 4 rings (SSSR count). The Labute approximate surface area is 197 Å². The highest BCUT2D eigenvalue weighted by Crippen LogP contribution is 2.39. The Balaban J connectivity index is 1.80. The van der Waals surface area contributed by atoms with Crippen LogP contribution in [0.5, 0.6) is 5.75 Å². The molecule has 0 aliphatic carbocycles. The Morgan fingerprint density at radius 3 is 2.50 bits per heavy atom. The van der Waals surface area contributed by atoms with Gasteiger partial charge in [-0.15, -0.1) is 11.6 Å². The first-order valence-corrected chi connectivity index (χ1v) is 12.1. The Kier molecular flexibility index (Phi) is 5.99. The minimum Gasteiger partial charge on any atom is -0.436 e. The van der Waals surface area contributed by atoms with E-state index in [1.54, 1.807) is 25.1 Å². The number of allylic oxidation sites excluding steroid dienone is 1. The molecule has 1 aliphatic heterocycles. The van der Waals surface area contributed by atoms with E-state index in [2.05, 4.69) is 9.98 Å². The van der Waals surface area contributed by atoms with Gasteiger partial charge in [0, 0.05) is 17.8 Å². The average Bonchev–Trinajstić information content (AvgIpc) is 2.75. The Bertz CT molecular complexity index is 1500. The number of sulfone groups is 1. The van der Waals surface area contributed by atoms with Gasteiger partial charge < -0.3 is 4.74 Å². The smallest absolute Gasteiger partial charge is 0.418 e. The third-order valence-electron chi connectivity index (χ3n) is 5.07. The van der Waals surface area contributed by atoms with Crippen LogP contribution in [0.4, 0.5) is 13.2 Å². The van der Waals surface area contributed by atoms with Crippen LogP contribution in [0.2, 0.25) is 0 Å². The molecule has 0 radical (unpaired) electrons. The summed E-state index contributed by atoms with van der Waals surface area (Å²) in [5.41, 5.74) is 0.589. The van der Waals surface area contributed by atoms with E-state index in [-0.39, 0.29) is 11.3 Å². The molecule has 34 heavy (non-hydrogen) atoms. The average molecular weight is 509 g/mol. The second-order valence-electron chi connectivity index (χ2n) is 7.61. The number of Topliss-reactive ketones (excluding diaryl/α,β-unsaturated/α-hetero) is 1. The van der Waals surface area contributed by atoms with Crippen LogP contribution < -0.4 is 4.74 Å². The summed E-state index contributed by atoms with van der Waals surface area (Å²) in [6.45, 7) is 1.71. The van der Waals surface area contributed by atoms with Crippen LogP contribution in [-0.2, 0) is 20.8 Å². The van der Waals surface area contributed by atoms with Crippen molar-refractivity contribution >= 4 is 44.0 Å². The summed E-state index contributed by atoms with van der Waals surface area (Å²) in [6.07, 6.45) is -1.28. The molecule has 1 atom stereocenters. The zero-order valence-corrected chi connectivity index (χ0v) is 19.3. The first-order valence-electron chi connectivity index (χ1n) is 9.79. The number of aryl methyl sites for hydroxylation is 1. The molecule has 0 spiro atoms. The summed E-state index contributed by atoms with van der Waals surface area (Å²) in [4.78, 5) is 20.2. The van der Waals surface area contributed by atoms with Crippen molar-refractivity contribution in [3.8, 4) is 16.9 Å². The Morgan fingerprint density at radius 2 is 1.82 bits per heavy atom. The predicted molar refractivity (Wildman–Crippen MR) is 123 cm³/mol. The van der Waals surface area contributed by atoms with Gasteiger partial charge in [0.1, 0.15) is 11.1 Å². The zero-order chi connectivity index (χ0) is 24.8. The van der Waals surface area contributed by atoms with Gasteiger partial charge >= 0.3 is 6.18 Å². The molecule has 2 heterocycles. The number of nitrogens with zero attached hydrogens (tertiary/aromatic N) is 2. The van der Waals surface area contributed by atoms with E-state index in [0.29, 0.717) is 22.1 Å². The molecule has 1 unspecified atom stereocenters. The second-order valence-corrected chi connectivity index (χ2v) is 10.0. The fraction of sp³-hybridized carbons (Fsp3) is 0.174. The van der Waals surface area contributed by atoms with E-state index in [1.807, 2.05) is 0 Å².